The summed E-state index contributed by atoms with van der Waals surface area (Å²) >= 11 is 6.01. The fraction of sp³-hybridized carbons (Fsp3) is 0.333. The summed E-state index contributed by atoms with van der Waals surface area (Å²) in [6, 6.07) is 7.31. The van der Waals surface area contributed by atoms with Crippen molar-refractivity contribution >= 4 is 23.2 Å². The number of amides is 1. The molecule has 5 heteroatoms. The first-order valence-corrected chi connectivity index (χ1v) is 6.88. The maximum Gasteiger partial charge on any atom is 0.263 e. The predicted molar refractivity (Wildman–Crippen MR) is 81.4 cm³/mol. The topological polar surface area (TPSA) is 64.9 Å². The molecule has 0 radical (unpaired) electrons. The zero-order valence-electron chi connectivity index (χ0n) is 11.7. The number of anilines is 1. The molecule has 0 bridgehead atoms. The van der Waals surface area contributed by atoms with E-state index < -0.39 is 0 Å². The molecular formula is C15H18ClN3O. The summed E-state index contributed by atoms with van der Waals surface area (Å²) in [5, 5.41) is 15.3. The van der Waals surface area contributed by atoms with Crippen LogP contribution in [-0.4, -0.2) is 12.5 Å². The van der Waals surface area contributed by atoms with Crippen molar-refractivity contribution in [1.29, 1.82) is 5.26 Å². The minimum atomic E-state index is -0.367. The Hall–Kier alpha value is -1.99. The van der Waals surface area contributed by atoms with Gasteiger partial charge < -0.3 is 10.6 Å². The van der Waals surface area contributed by atoms with Gasteiger partial charge in [0, 0.05) is 23.5 Å². The molecule has 2 N–H and O–H groups in total. The van der Waals surface area contributed by atoms with Gasteiger partial charge in [-0.2, -0.15) is 5.26 Å². The van der Waals surface area contributed by atoms with Crippen LogP contribution in [0.4, 0.5) is 5.69 Å². The third-order valence-electron chi connectivity index (χ3n) is 2.82. The number of rotatable bonds is 6. The average molecular weight is 292 g/mol. The third-order valence-corrected chi connectivity index (χ3v) is 3.23. The summed E-state index contributed by atoms with van der Waals surface area (Å²) in [5.74, 6) is -0.367. The fourth-order valence-corrected chi connectivity index (χ4v) is 1.71. The second-order valence-corrected chi connectivity index (χ2v) is 4.74. The van der Waals surface area contributed by atoms with E-state index in [0.717, 1.165) is 24.1 Å². The first-order chi connectivity index (χ1) is 9.60. The van der Waals surface area contributed by atoms with Crippen LogP contribution in [0, 0.1) is 18.3 Å². The Kier molecular flexibility index (Phi) is 6.61. The smallest absolute Gasteiger partial charge is 0.263 e. The third kappa shape index (κ3) is 4.60. The lowest BCUT2D eigenvalue weighted by Crippen LogP contribution is -2.25. The number of hydrogen-bond acceptors (Lipinski definition) is 3. The van der Waals surface area contributed by atoms with E-state index in [2.05, 4.69) is 10.6 Å². The van der Waals surface area contributed by atoms with Gasteiger partial charge in [0.1, 0.15) is 11.6 Å². The highest BCUT2D eigenvalue weighted by atomic mass is 35.5. The van der Waals surface area contributed by atoms with Gasteiger partial charge in [-0.25, -0.2) is 0 Å². The molecule has 0 atom stereocenters. The Morgan fingerprint density at radius 2 is 2.25 bits per heavy atom. The zero-order chi connectivity index (χ0) is 15.0. The lowest BCUT2D eigenvalue weighted by Gasteiger charge is -2.08. The lowest BCUT2D eigenvalue weighted by atomic mass is 10.2. The summed E-state index contributed by atoms with van der Waals surface area (Å²) in [6.45, 7) is 4.48. The first kappa shape index (κ1) is 16.1. The van der Waals surface area contributed by atoms with E-state index >= 15 is 0 Å². The normalized spacial score (nSPS) is 10.8. The molecule has 1 amide bonds. The van der Waals surface area contributed by atoms with Crippen molar-refractivity contribution in [3.63, 3.8) is 0 Å². The highest BCUT2D eigenvalue weighted by molar-refractivity contribution is 6.31. The van der Waals surface area contributed by atoms with Crippen LogP contribution in [-0.2, 0) is 4.79 Å². The Labute approximate surface area is 124 Å². The Balaban J connectivity index is 2.73. The Morgan fingerprint density at radius 1 is 1.50 bits per heavy atom. The lowest BCUT2D eigenvalue weighted by molar-refractivity contribution is -0.117. The number of nitrogens with one attached hydrogen (secondary N) is 2. The van der Waals surface area contributed by atoms with Gasteiger partial charge in [-0.15, -0.1) is 0 Å². The molecule has 106 valence electrons. The molecule has 0 unspecified atom stereocenters. The number of benzene rings is 1. The maximum atomic E-state index is 11.8. The molecule has 0 aliphatic rings. The number of unbranched alkanes of at least 4 members (excludes halogenated alkanes) is 1. The van der Waals surface area contributed by atoms with Crippen LogP contribution in [0.1, 0.15) is 25.3 Å². The van der Waals surface area contributed by atoms with E-state index in [-0.39, 0.29) is 11.5 Å². The molecular weight excluding hydrogens is 274 g/mol. The van der Waals surface area contributed by atoms with Crippen molar-refractivity contribution in [2.75, 3.05) is 11.9 Å². The van der Waals surface area contributed by atoms with Crippen LogP contribution in [0.25, 0.3) is 0 Å². The van der Waals surface area contributed by atoms with Gasteiger partial charge >= 0.3 is 0 Å². The summed E-state index contributed by atoms with van der Waals surface area (Å²) < 4.78 is 0. The number of carbonyl (C=O) groups is 1. The molecule has 4 nitrogen and oxygen atoms in total. The van der Waals surface area contributed by atoms with Crippen LogP contribution >= 0.6 is 11.6 Å². The molecule has 1 rings (SSSR count). The first-order valence-electron chi connectivity index (χ1n) is 6.50. The van der Waals surface area contributed by atoms with Crippen LogP contribution in [0.15, 0.2) is 30.0 Å². The minimum absolute atomic E-state index is 0.0421. The molecule has 0 saturated carbocycles. The van der Waals surface area contributed by atoms with E-state index in [1.165, 1.54) is 6.20 Å². The van der Waals surface area contributed by atoms with Crippen molar-refractivity contribution in [3.8, 4) is 6.07 Å². The summed E-state index contributed by atoms with van der Waals surface area (Å²) in [6.07, 6.45) is 3.29. The van der Waals surface area contributed by atoms with E-state index in [9.17, 15) is 4.79 Å². The maximum absolute atomic E-state index is 11.8. The Bertz CT molecular complexity index is 547. The number of nitrogens with zero attached hydrogens (tertiary/aromatic N) is 1. The summed E-state index contributed by atoms with van der Waals surface area (Å²) in [5.41, 5.74) is 1.68. The van der Waals surface area contributed by atoms with Gasteiger partial charge in [0.05, 0.1) is 0 Å². The number of carbonyl (C=O) groups excluding carboxylic acids is 1. The number of hydrogen-bond donors (Lipinski definition) is 2. The SMILES string of the molecule is CCCCNC(=O)/C(C#N)=C\Nc1cccc(Cl)c1C. The van der Waals surface area contributed by atoms with Crippen LogP contribution in [0.5, 0.6) is 0 Å². The van der Waals surface area contributed by atoms with Crippen molar-refractivity contribution in [1.82, 2.24) is 5.32 Å². The molecule has 1 aromatic rings. The Morgan fingerprint density at radius 3 is 2.90 bits per heavy atom. The van der Waals surface area contributed by atoms with Crippen LogP contribution in [0.3, 0.4) is 0 Å². The zero-order valence-corrected chi connectivity index (χ0v) is 12.4. The number of halogens is 1. The van der Waals surface area contributed by atoms with Gasteiger partial charge in [0.2, 0.25) is 0 Å². The second-order valence-electron chi connectivity index (χ2n) is 4.34. The van der Waals surface area contributed by atoms with Crippen molar-refractivity contribution in [2.24, 2.45) is 0 Å². The summed E-state index contributed by atoms with van der Waals surface area (Å²) in [7, 11) is 0. The molecule has 0 saturated heterocycles. The van der Waals surface area contributed by atoms with E-state index in [4.69, 9.17) is 16.9 Å². The van der Waals surface area contributed by atoms with Crippen molar-refractivity contribution in [2.45, 2.75) is 26.7 Å². The molecule has 1 aromatic carbocycles. The molecule has 20 heavy (non-hydrogen) atoms. The van der Waals surface area contributed by atoms with Crippen molar-refractivity contribution in [3.05, 3.63) is 40.6 Å². The monoisotopic (exact) mass is 291 g/mol. The number of nitriles is 1. The standard InChI is InChI=1S/C15H18ClN3O/c1-3-4-8-18-15(20)12(9-17)10-19-14-7-5-6-13(16)11(14)2/h5-7,10,19H,3-4,8H2,1-2H3,(H,18,20)/b12-10-. The predicted octanol–water partition coefficient (Wildman–Crippen LogP) is 3.38. The van der Waals surface area contributed by atoms with E-state index in [1.54, 1.807) is 12.1 Å². The van der Waals surface area contributed by atoms with Gasteiger partial charge in [-0.3, -0.25) is 4.79 Å². The second kappa shape index (κ2) is 8.23. The molecule has 0 fully saturated rings. The van der Waals surface area contributed by atoms with Gasteiger partial charge in [-0.05, 0) is 31.0 Å². The minimum Gasteiger partial charge on any atom is -0.360 e. The average Bonchev–Trinajstić information content (AvgIpc) is 2.44. The van der Waals surface area contributed by atoms with Crippen LogP contribution in [0.2, 0.25) is 5.02 Å². The van der Waals surface area contributed by atoms with Gasteiger partial charge in [0.15, 0.2) is 0 Å². The highest BCUT2D eigenvalue weighted by Crippen LogP contribution is 2.22. The molecule has 0 aromatic heterocycles. The highest BCUT2D eigenvalue weighted by Gasteiger charge is 2.08. The molecule has 0 spiro atoms. The molecule has 0 heterocycles. The molecule has 0 aliphatic carbocycles. The summed E-state index contributed by atoms with van der Waals surface area (Å²) in [4.78, 5) is 11.8. The van der Waals surface area contributed by atoms with Crippen molar-refractivity contribution < 1.29 is 4.79 Å². The van der Waals surface area contributed by atoms with E-state index in [0.29, 0.717) is 11.6 Å². The van der Waals surface area contributed by atoms with Gasteiger partial charge in [-0.1, -0.05) is 31.0 Å². The fourth-order valence-electron chi connectivity index (χ4n) is 1.54. The molecule has 0 aliphatic heterocycles. The van der Waals surface area contributed by atoms with Crippen LogP contribution < -0.4 is 10.6 Å². The quantitative estimate of drug-likeness (QED) is 0.480. The van der Waals surface area contributed by atoms with E-state index in [1.807, 2.05) is 26.0 Å². The van der Waals surface area contributed by atoms with Gasteiger partial charge in [0.25, 0.3) is 5.91 Å². The largest absolute Gasteiger partial charge is 0.360 e.